The van der Waals surface area contributed by atoms with E-state index in [2.05, 4.69) is 10.2 Å². The molecule has 0 spiro atoms. The van der Waals surface area contributed by atoms with Crippen molar-refractivity contribution in [2.45, 2.75) is 25.8 Å². The number of hydrogen-bond donors (Lipinski definition) is 1. The Balaban J connectivity index is 1.92. The summed E-state index contributed by atoms with van der Waals surface area (Å²) in [5, 5.41) is 7.75. The topological polar surface area (TPSA) is 68.2 Å². The van der Waals surface area contributed by atoms with Gasteiger partial charge in [0, 0.05) is 13.6 Å². The maximum absolute atomic E-state index is 5.39. The van der Waals surface area contributed by atoms with Crippen molar-refractivity contribution in [3.05, 3.63) is 5.89 Å². The van der Waals surface area contributed by atoms with E-state index in [0.29, 0.717) is 18.5 Å². The van der Waals surface area contributed by atoms with Crippen LogP contribution in [-0.4, -0.2) is 23.8 Å². The summed E-state index contributed by atoms with van der Waals surface area (Å²) in [7, 11) is 1.98. The average molecular weight is 196 g/mol. The molecule has 1 aliphatic rings. The van der Waals surface area contributed by atoms with Crippen LogP contribution < -0.4 is 10.6 Å². The SMILES string of the molecule is CN(CC1CCC1)c1nnc(CN)o1. The van der Waals surface area contributed by atoms with Gasteiger partial charge in [0.1, 0.15) is 0 Å². The van der Waals surface area contributed by atoms with Crippen molar-refractivity contribution in [1.82, 2.24) is 10.2 Å². The average Bonchev–Trinajstić information content (AvgIpc) is 2.59. The first-order chi connectivity index (χ1) is 6.79. The maximum atomic E-state index is 5.39. The summed E-state index contributed by atoms with van der Waals surface area (Å²) in [5.74, 6) is 1.30. The van der Waals surface area contributed by atoms with Gasteiger partial charge < -0.3 is 15.1 Å². The molecule has 1 aromatic rings. The molecule has 1 fully saturated rings. The predicted octanol–water partition coefficient (Wildman–Crippen LogP) is 0.765. The predicted molar refractivity (Wildman–Crippen MR) is 52.8 cm³/mol. The highest BCUT2D eigenvalue weighted by Gasteiger charge is 2.21. The minimum Gasteiger partial charge on any atom is -0.407 e. The lowest BCUT2D eigenvalue weighted by Gasteiger charge is -2.28. The molecule has 1 aromatic heterocycles. The number of anilines is 1. The summed E-state index contributed by atoms with van der Waals surface area (Å²) in [6, 6.07) is 0.581. The smallest absolute Gasteiger partial charge is 0.317 e. The molecule has 5 nitrogen and oxygen atoms in total. The molecule has 0 amide bonds. The molecule has 1 saturated carbocycles. The molecular formula is C9H16N4O. The fourth-order valence-corrected chi connectivity index (χ4v) is 1.62. The zero-order chi connectivity index (χ0) is 9.97. The van der Waals surface area contributed by atoms with Crippen molar-refractivity contribution in [1.29, 1.82) is 0 Å². The lowest BCUT2D eigenvalue weighted by molar-refractivity contribution is 0.316. The molecule has 0 atom stereocenters. The van der Waals surface area contributed by atoms with Crippen molar-refractivity contribution in [2.75, 3.05) is 18.5 Å². The standard InChI is InChI=1S/C9H16N4O/c1-13(6-7-3-2-4-7)9-12-11-8(5-10)14-9/h7H,2-6,10H2,1H3. The van der Waals surface area contributed by atoms with Crippen LogP contribution in [0.25, 0.3) is 0 Å². The minimum atomic E-state index is 0.310. The van der Waals surface area contributed by atoms with Gasteiger partial charge in [-0.2, -0.15) is 0 Å². The molecule has 1 aliphatic carbocycles. The van der Waals surface area contributed by atoms with Crippen molar-refractivity contribution < 1.29 is 4.42 Å². The Morgan fingerprint density at radius 2 is 2.29 bits per heavy atom. The second kappa shape index (κ2) is 3.96. The molecule has 0 aromatic carbocycles. The molecule has 0 radical (unpaired) electrons. The van der Waals surface area contributed by atoms with E-state index >= 15 is 0 Å². The van der Waals surface area contributed by atoms with Crippen molar-refractivity contribution in [3.8, 4) is 0 Å². The van der Waals surface area contributed by atoms with E-state index in [4.69, 9.17) is 10.2 Å². The van der Waals surface area contributed by atoms with Gasteiger partial charge >= 0.3 is 6.01 Å². The van der Waals surface area contributed by atoms with Gasteiger partial charge in [-0.1, -0.05) is 11.5 Å². The number of aromatic nitrogens is 2. The van der Waals surface area contributed by atoms with E-state index in [0.717, 1.165) is 12.5 Å². The molecule has 2 N–H and O–H groups in total. The quantitative estimate of drug-likeness (QED) is 0.770. The van der Waals surface area contributed by atoms with E-state index in [9.17, 15) is 0 Å². The summed E-state index contributed by atoms with van der Waals surface area (Å²) >= 11 is 0. The van der Waals surface area contributed by atoms with Gasteiger partial charge in [-0.25, -0.2) is 0 Å². The largest absolute Gasteiger partial charge is 0.407 e. The maximum Gasteiger partial charge on any atom is 0.317 e. The Morgan fingerprint density at radius 1 is 1.50 bits per heavy atom. The van der Waals surface area contributed by atoms with Crippen LogP contribution in [0, 0.1) is 5.92 Å². The van der Waals surface area contributed by atoms with Crippen LogP contribution in [0.5, 0.6) is 0 Å². The second-order valence-electron chi connectivity index (χ2n) is 3.86. The molecule has 0 aliphatic heterocycles. The molecule has 0 unspecified atom stereocenters. The molecule has 0 bridgehead atoms. The fraction of sp³-hybridized carbons (Fsp3) is 0.778. The van der Waals surface area contributed by atoms with Crippen LogP contribution in [0.4, 0.5) is 6.01 Å². The number of rotatable bonds is 4. The van der Waals surface area contributed by atoms with Crippen LogP contribution >= 0.6 is 0 Å². The number of nitrogens with zero attached hydrogens (tertiary/aromatic N) is 3. The third-order valence-electron chi connectivity index (χ3n) is 2.71. The van der Waals surface area contributed by atoms with Crippen LogP contribution in [-0.2, 0) is 6.54 Å². The molecule has 1 heterocycles. The van der Waals surface area contributed by atoms with Gasteiger partial charge in [0.05, 0.1) is 6.54 Å². The second-order valence-corrected chi connectivity index (χ2v) is 3.86. The summed E-state index contributed by atoms with van der Waals surface area (Å²) in [6.45, 7) is 1.32. The Hall–Kier alpha value is -1.10. The first kappa shape index (κ1) is 9.45. The Kier molecular flexibility index (Phi) is 2.67. The highest BCUT2D eigenvalue weighted by molar-refractivity contribution is 5.22. The zero-order valence-corrected chi connectivity index (χ0v) is 8.44. The third kappa shape index (κ3) is 1.87. The summed E-state index contributed by atoms with van der Waals surface area (Å²) in [5.41, 5.74) is 5.39. The van der Waals surface area contributed by atoms with Crippen LogP contribution in [0.2, 0.25) is 0 Å². The van der Waals surface area contributed by atoms with E-state index < -0.39 is 0 Å². The van der Waals surface area contributed by atoms with E-state index in [1.807, 2.05) is 11.9 Å². The molecule has 78 valence electrons. The number of nitrogens with two attached hydrogens (primary N) is 1. The highest BCUT2D eigenvalue weighted by Crippen LogP contribution is 2.27. The lowest BCUT2D eigenvalue weighted by Crippen LogP contribution is -2.29. The Labute approximate surface area is 83.3 Å². The molecule has 2 rings (SSSR count). The van der Waals surface area contributed by atoms with E-state index in [1.165, 1.54) is 19.3 Å². The van der Waals surface area contributed by atoms with E-state index in [-0.39, 0.29) is 0 Å². The van der Waals surface area contributed by atoms with Gasteiger partial charge in [0.15, 0.2) is 0 Å². The Bertz CT molecular complexity index is 295. The van der Waals surface area contributed by atoms with Crippen LogP contribution in [0.1, 0.15) is 25.2 Å². The molecule has 0 saturated heterocycles. The fourth-order valence-electron chi connectivity index (χ4n) is 1.62. The first-order valence-corrected chi connectivity index (χ1v) is 5.03. The first-order valence-electron chi connectivity index (χ1n) is 5.03. The summed E-state index contributed by atoms with van der Waals surface area (Å²) < 4.78 is 5.34. The number of hydrogen-bond acceptors (Lipinski definition) is 5. The van der Waals surface area contributed by atoms with Crippen molar-refractivity contribution in [2.24, 2.45) is 11.7 Å². The third-order valence-corrected chi connectivity index (χ3v) is 2.71. The van der Waals surface area contributed by atoms with Crippen molar-refractivity contribution in [3.63, 3.8) is 0 Å². The zero-order valence-electron chi connectivity index (χ0n) is 8.44. The molecule has 14 heavy (non-hydrogen) atoms. The Morgan fingerprint density at radius 3 is 2.79 bits per heavy atom. The van der Waals surface area contributed by atoms with Gasteiger partial charge in [0.25, 0.3) is 0 Å². The van der Waals surface area contributed by atoms with Crippen molar-refractivity contribution >= 4 is 6.01 Å². The monoisotopic (exact) mass is 196 g/mol. The van der Waals surface area contributed by atoms with Crippen LogP contribution in [0.15, 0.2) is 4.42 Å². The molecular weight excluding hydrogens is 180 g/mol. The summed E-state index contributed by atoms with van der Waals surface area (Å²) in [4.78, 5) is 2.01. The van der Waals surface area contributed by atoms with Gasteiger partial charge in [-0.15, -0.1) is 5.10 Å². The normalized spacial score (nSPS) is 16.7. The lowest BCUT2D eigenvalue weighted by atomic mass is 9.85. The van der Waals surface area contributed by atoms with Gasteiger partial charge in [-0.3, -0.25) is 0 Å². The highest BCUT2D eigenvalue weighted by atomic mass is 16.4. The van der Waals surface area contributed by atoms with Gasteiger partial charge in [-0.05, 0) is 18.8 Å². The molecule has 5 heteroatoms. The minimum absolute atomic E-state index is 0.310. The van der Waals surface area contributed by atoms with Crippen LogP contribution in [0.3, 0.4) is 0 Å². The summed E-state index contributed by atoms with van der Waals surface area (Å²) in [6.07, 6.45) is 4.00. The van der Waals surface area contributed by atoms with E-state index in [1.54, 1.807) is 0 Å². The van der Waals surface area contributed by atoms with Gasteiger partial charge in [0.2, 0.25) is 5.89 Å².